The van der Waals surface area contributed by atoms with Crippen molar-refractivity contribution in [2.75, 3.05) is 18.5 Å². The predicted molar refractivity (Wildman–Crippen MR) is 66.9 cm³/mol. The molecule has 0 aromatic heterocycles. The number of anilines is 1. The third-order valence-corrected chi connectivity index (χ3v) is 3.70. The van der Waals surface area contributed by atoms with Gasteiger partial charge >= 0.3 is 0 Å². The third-order valence-electron chi connectivity index (χ3n) is 3.70. The molecule has 1 aromatic rings. The summed E-state index contributed by atoms with van der Waals surface area (Å²) >= 11 is 0. The Bertz CT molecular complexity index is 404. The van der Waals surface area contributed by atoms with Gasteiger partial charge in [0.05, 0.1) is 5.41 Å². The largest absolute Gasteiger partial charge is 0.508 e. The molecule has 0 saturated heterocycles. The average Bonchev–Trinajstić information content (AvgIpc) is 2.28. The van der Waals surface area contributed by atoms with Gasteiger partial charge in [0.15, 0.2) is 0 Å². The first-order valence-corrected chi connectivity index (χ1v) is 5.86. The SMILES string of the molecule is CN(C(=O)C1(CN)CCC1)c1ccc(O)cc1. The lowest BCUT2D eigenvalue weighted by Gasteiger charge is -2.41. The van der Waals surface area contributed by atoms with E-state index in [0.717, 1.165) is 24.9 Å². The van der Waals surface area contributed by atoms with Crippen LogP contribution < -0.4 is 10.6 Å². The molecular weight excluding hydrogens is 216 g/mol. The first-order valence-electron chi connectivity index (χ1n) is 5.86. The average molecular weight is 234 g/mol. The molecule has 4 nitrogen and oxygen atoms in total. The van der Waals surface area contributed by atoms with Crippen LogP contribution in [0.1, 0.15) is 19.3 Å². The lowest BCUT2D eigenvalue weighted by atomic mass is 9.68. The maximum absolute atomic E-state index is 12.3. The van der Waals surface area contributed by atoms with E-state index < -0.39 is 0 Å². The minimum Gasteiger partial charge on any atom is -0.508 e. The van der Waals surface area contributed by atoms with Gasteiger partial charge in [0.25, 0.3) is 0 Å². The van der Waals surface area contributed by atoms with Gasteiger partial charge in [-0.15, -0.1) is 0 Å². The molecule has 0 aliphatic heterocycles. The summed E-state index contributed by atoms with van der Waals surface area (Å²) in [7, 11) is 1.75. The van der Waals surface area contributed by atoms with Crippen molar-refractivity contribution in [1.82, 2.24) is 0 Å². The molecule has 3 N–H and O–H groups in total. The van der Waals surface area contributed by atoms with Crippen LogP contribution in [0.4, 0.5) is 5.69 Å². The molecule has 1 aliphatic rings. The Morgan fingerprint density at radius 2 is 2.00 bits per heavy atom. The van der Waals surface area contributed by atoms with Crippen LogP contribution in [0.2, 0.25) is 0 Å². The summed E-state index contributed by atoms with van der Waals surface area (Å²) in [5.74, 6) is 0.281. The molecule has 92 valence electrons. The highest BCUT2D eigenvalue weighted by atomic mass is 16.3. The normalized spacial score (nSPS) is 17.3. The summed E-state index contributed by atoms with van der Waals surface area (Å²) in [6.45, 7) is 0.411. The van der Waals surface area contributed by atoms with Gasteiger partial charge in [-0.3, -0.25) is 4.79 Å². The Morgan fingerprint density at radius 3 is 2.41 bits per heavy atom. The maximum atomic E-state index is 12.3. The standard InChI is InChI=1S/C13H18N2O2/c1-15(10-3-5-11(16)6-4-10)12(17)13(9-14)7-2-8-13/h3-6,16H,2,7-9,14H2,1H3. The van der Waals surface area contributed by atoms with Crippen LogP contribution in [0.15, 0.2) is 24.3 Å². The van der Waals surface area contributed by atoms with Crippen molar-refractivity contribution in [1.29, 1.82) is 0 Å². The summed E-state index contributed by atoms with van der Waals surface area (Å²) in [5.41, 5.74) is 6.15. The zero-order chi connectivity index (χ0) is 12.5. The molecule has 17 heavy (non-hydrogen) atoms. The number of nitrogens with two attached hydrogens (primary N) is 1. The van der Waals surface area contributed by atoms with Crippen molar-refractivity contribution in [3.05, 3.63) is 24.3 Å². The zero-order valence-corrected chi connectivity index (χ0v) is 10.0. The molecule has 1 amide bonds. The third kappa shape index (κ3) is 2.00. The number of phenolic OH excluding ortho intramolecular Hbond substituents is 1. The number of amides is 1. The molecular formula is C13H18N2O2. The van der Waals surface area contributed by atoms with Crippen molar-refractivity contribution in [3.8, 4) is 5.75 Å². The number of rotatable bonds is 3. The fourth-order valence-corrected chi connectivity index (χ4v) is 2.26. The summed E-state index contributed by atoms with van der Waals surface area (Å²) in [6, 6.07) is 6.62. The molecule has 1 fully saturated rings. The zero-order valence-electron chi connectivity index (χ0n) is 10.0. The molecule has 0 bridgehead atoms. The Balaban J connectivity index is 2.17. The van der Waals surface area contributed by atoms with Gasteiger partial charge in [-0.25, -0.2) is 0 Å². The summed E-state index contributed by atoms with van der Waals surface area (Å²) < 4.78 is 0. The van der Waals surface area contributed by atoms with Gasteiger partial charge in [0.1, 0.15) is 5.75 Å². The molecule has 1 aliphatic carbocycles. The maximum Gasteiger partial charge on any atom is 0.234 e. The van der Waals surface area contributed by atoms with E-state index in [0.29, 0.717) is 6.54 Å². The van der Waals surface area contributed by atoms with Gasteiger partial charge in [0.2, 0.25) is 5.91 Å². The van der Waals surface area contributed by atoms with Gasteiger partial charge in [-0.1, -0.05) is 6.42 Å². The van der Waals surface area contributed by atoms with Crippen molar-refractivity contribution >= 4 is 11.6 Å². The number of hydrogen-bond donors (Lipinski definition) is 2. The molecule has 1 saturated carbocycles. The van der Waals surface area contributed by atoms with E-state index >= 15 is 0 Å². The van der Waals surface area contributed by atoms with Crippen LogP contribution in [0, 0.1) is 5.41 Å². The van der Waals surface area contributed by atoms with Crippen molar-refractivity contribution in [2.45, 2.75) is 19.3 Å². The number of aromatic hydroxyl groups is 1. The quantitative estimate of drug-likeness (QED) is 0.832. The van der Waals surface area contributed by atoms with Crippen LogP contribution in [0.3, 0.4) is 0 Å². The van der Waals surface area contributed by atoms with Gasteiger partial charge in [0, 0.05) is 19.3 Å². The summed E-state index contributed by atoms with van der Waals surface area (Å²) in [6.07, 6.45) is 2.84. The Hall–Kier alpha value is -1.55. The van der Waals surface area contributed by atoms with E-state index in [1.54, 1.807) is 36.2 Å². The minimum atomic E-state index is -0.355. The molecule has 2 rings (SSSR count). The van der Waals surface area contributed by atoms with Gasteiger partial charge in [-0.2, -0.15) is 0 Å². The number of benzene rings is 1. The Kier molecular flexibility index (Phi) is 3.07. The van der Waals surface area contributed by atoms with E-state index in [9.17, 15) is 9.90 Å². The molecule has 4 heteroatoms. The fourth-order valence-electron chi connectivity index (χ4n) is 2.26. The number of carbonyl (C=O) groups excluding carboxylic acids is 1. The number of carbonyl (C=O) groups is 1. The molecule has 0 atom stereocenters. The first kappa shape index (κ1) is 11.9. The highest BCUT2D eigenvalue weighted by molar-refractivity contribution is 5.97. The summed E-state index contributed by atoms with van der Waals surface area (Å²) in [4.78, 5) is 14.0. The van der Waals surface area contributed by atoms with Gasteiger partial charge < -0.3 is 15.7 Å². The number of hydrogen-bond acceptors (Lipinski definition) is 3. The van der Waals surface area contributed by atoms with E-state index in [4.69, 9.17) is 5.73 Å². The van der Waals surface area contributed by atoms with E-state index in [1.807, 2.05) is 0 Å². The molecule has 1 aromatic carbocycles. The Morgan fingerprint density at radius 1 is 1.41 bits per heavy atom. The van der Waals surface area contributed by atoms with Gasteiger partial charge in [-0.05, 0) is 37.1 Å². The smallest absolute Gasteiger partial charge is 0.234 e. The fraction of sp³-hybridized carbons (Fsp3) is 0.462. The molecule has 0 spiro atoms. The topological polar surface area (TPSA) is 66.6 Å². The molecule has 0 heterocycles. The number of nitrogens with zero attached hydrogens (tertiary/aromatic N) is 1. The molecule has 0 radical (unpaired) electrons. The van der Waals surface area contributed by atoms with Crippen molar-refractivity contribution < 1.29 is 9.90 Å². The van der Waals surface area contributed by atoms with Crippen molar-refractivity contribution in [2.24, 2.45) is 11.1 Å². The first-order chi connectivity index (χ1) is 8.09. The predicted octanol–water partition coefficient (Wildman–Crippen LogP) is 1.48. The van der Waals surface area contributed by atoms with Crippen LogP contribution in [0.25, 0.3) is 0 Å². The van der Waals surface area contributed by atoms with Crippen LogP contribution >= 0.6 is 0 Å². The highest BCUT2D eigenvalue weighted by Gasteiger charge is 2.44. The second kappa shape index (κ2) is 4.37. The van der Waals surface area contributed by atoms with Crippen LogP contribution in [-0.4, -0.2) is 24.6 Å². The van der Waals surface area contributed by atoms with E-state index in [1.165, 1.54) is 0 Å². The second-order valence-corrected chi connectivity index (χ2v) is 4.72. The lowest BCUT2D eigenvalue weighted by Crippen LogP contribution is -2.51. The minimum absolute atomic E-state index is 0.0805. The lowest BCUT2D eigenvalue weighted by molar-refractivity contribution is -0.131. The molecule has 0 unspecified atom stereocenters. The van der Waals surface area contributed by atoms with Crippen LogP contribution in [0.5, 0.6) is 5.75 Å². The van der Waals surface area contributed by atoms with E-state index in [2.05, 4.69) is 0 Å². The Labute approximate surface area is 101 Å². The van der Waals surface area contributed by atoms with E-state index in [-0.39, 0.29) is 17.1 Å². The second-order valence-electron chi connectivity index (χ2n) is 4.72. The van der Waals surface area contributed by atoms with Crippen LogP contribution in [-0.2, 0) is 4.79 Å². The highest BCUT2D eigenvalue weighted by Crippen LogP contribution is 2.42. The monoisotopic (exact) mass is 234 g/mol. The summed E-state index contributed by atoms with van der Waals surface area (Å²) in [5, 5.41) is 9.22. The number of phenols is 1. The van der Waals surface area contributed by atoms with Crippen molar-refractivity contribution in [3.63, 3.8) is 0 Å².